The molecule has 1 atom stereocenters. The van der Waals surface area contributed by atoms with E-state index in [2.05, 4.69) is 29.0 Å². The average Bonchev–Trinajstić information content (AvgIpc) is 3.11. The fourth-order valence-electron chi connectivity index (χ4n) is 2.53. The van der Waals surface area contributed by atoms with Crippen molar-refractivity contribution in [1.29, 1.82) is 0 Å². The van der Waals surface area contributed by atoms with E-state index in [1.165, 1.54) is 0 Å². The molecule has 5 nitrogen and oxygen atoms in total. The summed E-state index contributed by atoms with van der Waals surface area (Å²) in [7, 11) is 0. The summed E-state index contributed by atoms with van der Waals surface area (Å²) in [4.78, 5) is 18.8. The molecule has 1 amide bonds. The molecule has 0 aromatic carbocycles. The van der Waals surface area contributed by atoms with Crippen molar-refractivity contribution < 1.29 is 9.53 Å². The van der Waals surface area contributed by atoms with E-state index in [0.717, 1.165) is 49.9 Å². The zero-order valence-electron chi connectivity index (χ0n) is 14.1. The molecular formula is C17H27N3O2S. The van der Waals surface area contributed by atoms with Crippen LogP contribution in [0.15, 0.2) is 23.4 Å². The van der Waals surface area contributed by atoms with Crippen LogP contribution in [-0.2, 0) is 4.74 Å². The number of hydrogen-bond donors (Lipinski definition) is 1. The van der Waals surface area contributed by atoms with E-state index in [9.17, 15) is 4.79 Å². The minimum atomic E-state index is -0.0762. The third-order valence-corrected chi connectivity index (χ3v) is 4.99. The Morgan fingerprint density at radius 1 is 1.43 bits per heavy atom. The van der Waals surface area contributed by atoms with E-state index < -0.39 is 0 Å². The van der Waals surface area contributed by atoms with Gasteiger partial charge in [0.15, 0.2) is 0 Å². The second-order valence-electron chi connectivity index (χ2n) is 5.61. The maximum absolute atomic E-state index is 12.1. The van der Waals surface area contributed by atoms with Crippen molar-refractivity contribution >= 4 is 17.7 Å². The number of ether oxygens (including phenoxy) is 1. The van der Waals surface area contributed by atoms with Gasteiger partial charge in [0.25, 0.3) is 5.91 Å². The highest BCUT2D eigenvalue weighted by Gasteiger charge is 2.16. The molecule has 0 bridgehead atoms. The maximum Gasteiger partial charge on any atom is 0.252 e. The van der Waals surface area contributed by atoms with Gasteiger partial charge in [-0.3, -0.25) is 4.79 Å². The van der Waals surface area contributed by atoms with Gasteiger partial charge in [-0.2, -0.15) is 0 Å². The van der Waals surface area contributed by atoms with Gasteiger partial charge < -0.3 is 15.0 Å². The number of hydrogen-bond acceptors (Lipinski definition) is 5. The van der Waals surface area contributed by atoms with Gasteiger partial charge in [-0.1, -0.05) is 13.8 Å². The Morgan fingerprint density at radius 3 is 2.87 bits per heavy atom. The SMILES string of the molecule is CCN(CC)CCSc1ccc(C(=O)NC[C@@H]2CCCO2)cn1. The molecule has 1 N–H and O–H groups in total. The third kappa shape index (κ3) is 6.12. The van der Waals surface area contributed by atoms with Crippen LogP contribution in [0, 0.1) is 0 Å². The van der Waals surface area contributed by atoms with Crippen molar-refractivity contribution in [1.82, 2.24) is 15.2 Å². The number of carbonyl (C=O) groups excluding carboxylic acids is 1. The molecule has 1 aromatic heterocycles. The molecule has 0 spiro atoms. The first kappa shape index (κ1) is 18.2. The topological polar surface area (TPSA) is 54.5 Å². The second-order valence-corrected chi connectivity index (χ2v) is 6.72. The lowest BCUT2D eigenvalue weighted by Gasteiger charge is -2.17. The molecule has 1 aromatic rings. The molecule has 1 fully saturated rings. The van der Waals surface area contributed by atoms with Gasteiger partial charge in [0.2, 0.25) is 0 Å². The zero-order chi connectivity index (χ0) is 16.5. The quantitative estimate of drug-likeness (QED) is 0.702. The number of aromatic nitrogens is 1. The normalized spacial score (nSPS) is 17.6. The van der Waals surface area contributed by atoms with Crippen LogP contribution >= 0.6 is 11.8 Å². The predicted octanol–water partition coefficient (Wildman–Crippen LogP) is 2.42. The van der Waals surface area contributed by atoms with Gasteiger partial charge in [0.05, 0.1) is 16.7 Å². The Morgan fingerprint density at radius 2 is 2.26 bits per heavy atom. The van der Waals surface area contributed by atoms with Gasteiger partial charge in [-0.25, -0.2) is 4.98 Å². The Balaban J connectivity index is 1.73. The highest BCUT2D eigenvalue weighted by Crippen LogP contribution is 2.16. The number of pyridine rings is 1. The summed E-state index contributed by atoms with van der Waals surface area (Å²) < 4.78 is 5.50. The summed E-state index contributed by atoms with van der Waals surface area (Å²) in [6, 6.07) is 3.77. The van der Waals surface area contributed by atoms with E-state index in [0.29, 0.717) is 12.1 Å². The molecule has 23 heavy (non-hydrogen) atoms. The molecule has 0 radical (unpaired) electrons. The second kappa shape index (κ2) is 9.90. The van der Waals surface area contributed by atoms with Gasteiger partial charge in [-0.15, -0.1) is 11.8 Å². The first-order valence-electron chi connectivity index (χ1n) is 8.44. The first-order valence-corrected chi connectivity index (χ1v) is 9.42. The summed E-state index contributed by atoms with van der Waals surface area (Å²) >= 11 is 1.73. The van der Waals surface area contributed by atoms with Crippen LogP contribution < -0.4 is 5.32 Å². The molecule has 0 unspecified atom stereocenters. The maximum atomic E-state index is 12.1. The van der Waals surface area contributed by atoms with Crippen molar-refractivity contribution in [2.45, 2.75) is 37.8 Å². The minimum absolute atomic E-state index is 0.0762. The summed E-state index contributed by atoms with van der Waals surface area (Å²) in [6.45, 7) is 8.96. The number of nitrogens with one attached hydrogen (secondary N) is 1. The van der Waals surface area contributed by atoms with Crippen molar-refractivity contribution in [2.75, 3.05) is 38.5 Å². The van der Waals surface area contributed by atoms with Gasteiger partial charge in [-0.05, 0) is 38.1 Å². The fraction of sp³-hybridized carbons (Fsp3) is 0.647. The average molecular weight is 337 g/mol. The number of thioether (sulfide) groups is 1. The van der Waals surface area contributed by atoms with E-state index in [-0.39, 0.29) is 12.0 Å². The molecule has 1 aliphatic heterocycles. The smallest absolute Gasteiger partial charge is 0.252 e. The lowest BCUT2D eigenvalue weighted by molar-refractivity contribution is 0.0857. The Kier molecular flexibility index (Phi) is 7.85. The third-order valence-electron chi connectivity index (χ3n) is 4.06. The standard InChI is InChI=1S/C17H27N3O2S/c1-3-20(4-2)9-11-23-16-8-7-14(12-18-16)17(21)19-13-15-6-5-10-22-15/h7-8,12,15H,3-6,9-11,13H2,1-2H3,(H,19,21)/t15-/m0/s1. The summed E-state index contributed by atoms with van der Waals surface area (Å²) in [5.41, 5.74) is 0.607. The van der Waals surface area contributed by atoms with Crippen LogP contribution in [-0.4, -0.2) is 60.4 Å². The lowest BCUT2D eigenvalue weighted by atomic mass is 10.2. The van der Waals surface area contributed by atoms with E-state index in [1.54, 1.807) is 18.0 Å². The molecule has 1 aliphatic rings. The van der Waals surface area contributed by atoms with Gasteiger partial charge in [0, 0.05) is 31.6 Å². The molecule has 6 heteroatoms. The molecule has 2 rings (SSSR count). The zero-order valence-corrected chi connectivity index (χ0v) is 14.9. The largest absolute Gasteiger partial charge is 0.376 e. The summed E-state index contributed by atoms with van der Waals surface area (Å²) in [5.74, 6) is 0.937. The highest BCUT2D eigenvalue weighted by atomic mass is 32.2. The molecule has 128 valence electrons. The number of carbonyl (C=O) groups is 1. The van der Waals surface area contributed by atoms with Crippen LogP contribution in [0.4, 0.5) is 0 Å². The van der Waals surface area contributed by atoms with Crippen LogP contribution in [0.2, 0.25) is 0 Å². The highest BCUT2D eigenvalue weighted by molar-refractivity contribution is 7.99. The lowest BCUT2D eigenvalue weighted by Crippen LogP contribution is -2.31. The predicted molar refractivity (Wildman–Crippen MR) is 94.1 cm³/mol. The van der Waals surface area contributed by atoms with Crippen molar-refractivity contribution in [3.63, 3.8) is 0 Å². The van der Waals surface area contributed by atoms with Crippen molar-refractivity contribution in [3.05, 3.63) is 23.9 Å². The first-order chi connectivity index (χ1) is 11.2. The van der Waals surface area contributed by atoms with E-state index >= 15 is 0 Å². The minimum Gasteiger partial charge on any atom is -0.376 e. The van der Waals surface area contributed by atoms with Crippen molar-refractivity contribution in [2.24, 2.45) is 0 Å². The molecule has 0 saturated carbocycles. The van der Waals surface area contributed by atoms with Crippen LogP contribution in [0.25, 0.3) is 0 Å². The number of rotatable bonds is 9. The van der Waals surface area contributed by atoms with E-state index in [1.807, 2.05) is 12.1 Å². The van der Waals surface area contributed by atoms with Crippen LogP contribution in [0.5, 0.6) is 0 Å². The Hall–Kier alpha value is -1.11. The molecule has 1 saturated heterocycles. The van der Waals surface area contributed by atoms with E-state index in [4.69, 9.17) is 4.74 Å². The monoisotopic (exact) mass is 337 g/mol. The van der Waals surface area contributed by atoms with Crippen molar-refractivity contribution in [3.8, 4) is 0 Å². The molecule has 2 heterocycles. The van der Waals surface area contributed by atoms with Crippen LogP contribution in [0.3, 0.4) is 0 Å². The molecule has 0 aliphatic carbocycles. The number of nitrogens with zero attached hydrogens (tertiary/aromatic N) is 2. The summed E-state index contributed by atoms with van der Waals surface area (Å²) in [6.07, 6.45) is 3.94. The fourth-order valence-corrected chi connectivity index (χ4v) is 3.38. The van der Waals surface area contributed by atoms with Crippen LogP contribution in [0.1, 0.15) is 37.0 Å². The van der Waals surface area contributed by atoms with Gasteiger partial charge in [0.1, 0.15) is 0 Å². The molecular weight excluding hydrogens is 310 g/mol. The summed E-state index contributed by atoms with van der Waals surface area (Å²) in [5, 5.41) is 3.88. The number of amides is 1. The Labute approximate surface area is 143 Å². The Bertz CT molecular complexity index is 471. The van der Waals surface area contributed by atoms with Gasteiger partial charge >= 0.3 is 0 Å².